The van der Waals surface area contributed by atoms with Gasteiger partial charge in [-0.05, 0) is 19.1 Å². The molecule has 0 aromatic carbocycles. The first kappa shape index (κ1) is 16.5. The van der Waals surface area contributed by atoms with Crippen LogP contribution in [0.4, 0.5) is 0 Å². The van der Waals surface area contributed by atoms with E-state index in [-0.39, 0.29) is 11.3 Å². The number of aromatic nitrogens is 2. The number of imidazole rings is 1. The third-order valence-electron chi connectivity index (χ3n) is 3.81. The van der Waals surface area contributed by atoms with Crippen LogP contribution in [-0.2, 0) is 17.0 Å². The molecule has 2 aromatic rings. The summed E-state index contributed by atoms with van der Waals surface area (Å²) in [5, 5.41) is 0.0447. The van der Waals surface area contributed by atoms with Crippen molar-refractivity contribution in [2.24, 2.45) is 0 Å². The first-order valence-electron chi connectivity index (χ1n) is 7.75. The quantitative estimate of drug-likeness (QED) is 0.775. The number of hydrogen-bond donors (Lipinski definition) is 1. The van der Waals surface area contributed by atoms with E-state index >= 15 is 0 Å². The fraction of sp³-hybridized carbons (Fsp3) is 0.500. The third kappa shape index (κ3) is 3.77. The average molecular weight is 351 g/mol. The van der Waals surface area contributed by atoms with Crippen LogP contribution in [0.5, 0.6) is 0 Å². The Morgan fingerprint density at radius 3 is 3.13 bits per heavy atom. The molecule has 23 heavy (non-hydrogen) atoms. The van der Waals surface area contributed by atoms with Gasteiger partial charge in [0.05, 0.1) is 23.5 Å². The van der Waals surface area contributed by atoms with Crippen molar-refractivity contribution in [3.05, 3.63) is 41.4 Å². The molecule has 0 radical (unpaired) electrons. The van der Waals surface area contributed by atoms with Crippen LogP contribution in [0, 0.1) is 6.92 Å². The smallest absolute Gasteiger partial charge is 0.233 e. The molecule has 0 saturated carbocycles. The van der Waals surface area contributed by atoms with Crippen LogP contribution in [0.3, 0.4) is 0 Å². The number of aromatic amines is 1. The molecular weight excluding hydrogens is 330 g/mol. The van der Waals surface area contributed by atoms with Gasteiger partial charge in [-0.15, -0.1) is 11.8 Å². The van der Waals surface area contributed by atoms with Crippen LogP contribution in [0.15, 0.2) is 22.8 Å². The maximum absolute atomic E-state index is 12.2. The predicted molar refractivity (Wildman–Crippen MR) is 94.5 cm³/mol. The normalized spacial score (nSPS) is 18.1. The zero-order chi connectivity index (χ0) is 16.2. The Hall–Kier alpha value is -1.34. The van der Waals surface area contributed by atoms with Crippen molar-refractivity contribution in [1.82, 2.24) is 14.9 Å². The molecule has 0 aliphatic carbocycles. The highest BCUT2D eigenvalue weighted by atomic mass is 32.2. The molecule has 7 heteroatoms. The molecule has 2 aromatic heterocycles. The Labute approximate surface area is 144 Å². The van der Waals surface area contributed by atoms with Gasteiger partial charge in [-0.1, -0.05) is 6.92 Å². The van der Waals surface area contributed by atoms with E-state index in [1.165, 1.54) is 0 Å². The number of nitrogens with zero attached hydrogens (tertiary/aromatic N) is 2. The van der Waals surface area contributed by atoms with E-state index < -0.39 is 0 Å². The molecule has 3 rings (SSSR count). The highest BCUT2D eigenvalue weighted by Gasteiger charge is 2.35. The number of H-pyrrole nitrogens is 1. The van der Waals surface area contributed by atoms with E-state index in [9.17, 15) is 4.79 Å². The summed E-state index contributed by atoms with van der Waals surface area (Å²) in [7, 11) is 0. The minimum atomic E-state index is 0.0447. The summed E-state index contributed by atoms with van der Waals surface area (Å²) in [6, 6.07) is 3.88. The Morgan fingerprint density at radius 2 is 2.43 bits per heavy atom. The first-order valence-corrected chi connectivity index (χ1v) is 9.96. The highest BCUT2D eigenvalue weighted by Crippen LogP contribution is 2.39. The molecule has 1 aliphatic heterocycles. The van der Waals surface area contributed by atoms with Crippen molar-refractivity contribution in [3.8, 4) is 0 Å². The van der Waals surface area contributed by atoms with Crippen LogP contribution in [-0.4, -0.2) is 38.8 Å². The lowest BCUT2D eigenvalue weighted by molar-refractivity contribution is -0.127. The Morgan fingerprint density at radius 1 is 1.57 bits per heavy atom. The number of thioether (sulfide) groups is 2. The zero-order valence-electron chi connectivity index (χ0n) is 13.4. The number of amides is 1. The lowest BCUT2D eigenvalue weighted by Crippen LogP contribution is -2.30. The lowest BCUT2D eigenvalue weighted by Gasteiger charge is -2.22. The van der Waals surface area contributed by atoms with E-state index in [0.717, 1.165) is 47.4 Å². The van der Waals surface area contributed by atoms with Gasteiger partial charge in [0.15, 0.2) is 0 Å². The maximum Gasteiger partial charge on any atom is 0.233 e. The Kier molecular flexibility index (Phi) is 5.38. The van der Waals surface area contributed by atoms with Crippen LogP contribution in [0.2, 0.25) is 0 Å². The Bertz CT molecular complexity index is 654. The SMILES string of the molecule is CCc1nc(C2SCC(=O)N2CCSCc2ccco2)c(C)[nH]1. The number of rotatable bonds is 7. The summed E-state index contributed by atoms with van der Waals surface area (Å²) in [6.45, 7) is 4.86. The van der Waals surface area contributed by atoms with Crippen LogP contribution < -0.4 is 0 Å². The second-order valence-electron chi connectivity index (χ2n) is 5.43. The van der Waals surface area contributed by atoms with Crippen molar-refractivity contribution in [3.63, 3.8) is 0 Å². The van der Waals surface area contributed by atoms with Gasteiger partial charge in [-0.25, -0.2) is 4.98 Å². The third-order valence-corrected chi connectivity index (χ3v) is 5.98. The fourth-order valence-electron chi connectivity index (χ4n) is 2.60. The molecule has 1 saturated heterocycles. The number of carbonyl (C=O) groups is 1. The van der Waals surface area contributed by atoms with Gasteiger partial charge in [0.2, 0.25) is 5.91 Å². The van der Waals surface area contributed by atoms with Crippen molar-refractivity contribution < 1.29 is 9.21 Å². The molecule has 1 N–H and O–H groups in total. The van der Waals surface area contributed by atoms with Gasteiger partial charge >= 0.3 is 0 Å². The molecular formula is C16H21N3O2S2. The van der Waals surface area contributed by atoms with Gasteiger partial charge in [-0.2, -0.15) is 11.8 Å². The largest absolute Gasteiger partial charge is 0.468 e. The highest BCUT2D eigenvalue weighted by molar-refractivity contribution is 8.00. The number of furan rings is 1. The minimum Gasteiger partial charge on any atom is -0.468 e. The second kappa shape index (κ2) is 7.49. The molecule has 1 fully saturated rings. The molecule has 3 heterocycles. The first-order chi connectivity index (χ1) is 11.2. The van der Waals surface area contributed by atoms with Crippen LogP contribution in [0.25, 0.3) is 0 Å². The van der Waals surface area contributed by atoms with E-state index in [0.29, 0.717) is 5.75 Å². The zero-order valence-corrected chi connectivity index (χ0v) is 15.0. The van der Waals surface area contributed by atoms with Crippen molar-refractivity contribution in [1.29, 1.82) is 0 Å². The molecule has 1 atom stereocenters. The summed E-state index contributed by atoms with van der Waals surface area (Å²) >= 11 is 3.46. The summed E-state index contributed by atoms with van der Waals surface area (Å²) < 4.78 is 5.33. The number of carbonyl (C=O) groups excluding carboxylic acids is 1. The average Bonchev–Trinajstić information content (AvgIpc) is 3.25. The van der Waals surface area contributed by atoms with Crippen molar-refractivity contribution in [2.75, 3.05) is 18.1 Å². The summed E-state index contributed by atoms with van der Waals surface area (Å²) in [5.74, 6) is 4.46. The van der Waals surface area contributed by atoms with Gasteiger partial charge in [0.25, 0.3) is 0 Å². The summed E-state index contributed by atoms with van der Waals surface area (Å²) in [6.07, 6.45) is 2.57. The maximum atomic E-state index is 12.2. The van der Waals surface area contributed by atoms with Crippen molar-refractivity contribution in [2.45, 2.75) is 31.4 Å². The molecule has 5 nitrogen and oxygen atoms in total. The number of nitrogens with one attached hydrogen (secondary N) is 1. The summed E-state index contributed by atoms with van der Waals surface area (Å²) in [4.78, 5) is 22.2. The topological polar surface area (TPSA) is 62.1 Å². The van der Waals surface area contributed by atoms with E-state index in [1.54, 1.807) is 29.8 Å². The Balaban J connectivity index is 1.59. The standard InChI is InChI=1S/C16H21N3O2S2/c1-3-13-17-11(2)15(18-13)16-19(14(20)10-23-16)6-8-22-9-12-5-4-7-21-12/h4-5,7,16H,3,6,8-10H2,1-2H3,(H,17,18). The molecule has 1 amide bonds. The van der Waals surface area contributed by atoms with Crippen molar-refractivity contribution >= 4 is 29.4 Å². The van der Waals surface area contributed by atoms with Gasteiger partial charge < -0.3 is 14.3 Å². The lowest BCUT2D eigenvalue weighted by atomic mass is 10.3. The monoisotopic (exact) mass is 351 g/mol. The van der Waals surface area contributed by atoms with Crippen LogP contribution >= 0.6 is 23.5 Å². The van der Waals surface area contributed by atoms with Crippen LogP contribution in [0.1, 0.15) is 35.3 Å². The van der Waals surface area contributed by atoms with E-state index in [4.69, 9.17) is 4.42 Å². The molecule has 0 bridgehead atoms. The predicted octanol–water partition coefficient (Wildman–Crippen LogP) is 3.38. The number of hydrogen-bond acceptors (Lipinski definition) is 5. The van der Waals surface area contributed by atoms with E-state index in [1.807, 2.05) is 24.0 Å². The summed E-state index contributed by atoms with van der Waals surface area (Å²) in [5.41, 5.74) is 2.08. The van der Waals surface area contributed by atoms with Gasteiger partial charge in [0.1, 0.15) is 17.0 Å². The molecule has 1 aliphatic rings. The molecule has 124 valence electrons. The molecule has 0 spiro atoms. The van der Waals surface area contributed by atoms with E-state index in [2.05, 4.69) is 16.9 Å². The van der Waals surface area contributed by atoms with Gasteiger partial charge in [0, 0.05) is 24.4 Å². The molecule has 1 unspecified atom stereocenters. The number of aryl methyl sites for hydroxylation is 2. The van der Waals surface area contributed by atoms with Gasteiger partial charge in [-0.3, -0.25) is 4.79 Å². The fourth-order valence-corrected chi connectivity index (χ4v) is 4.69. The second-order valence-corrected chi connectivity index (χ2v) is 7.60. The minimum absolute atomic E-state index is 0.0447.